The minimum Gasteiger partial charge on any atom is -0.481 e. The van der Waals surface area contributed by atoms with Crippen LogP contribution in [0.1, 0.15) is 61.9 Å². The maximum atomic E-state index is 13.2. The first-order valence-corrected chi connectivity index (χ1v) is 13.0. The van der Waals surface area contributed by atoms with Crippen molar-refractivity contribution >= 4 is 11.8 Å². The highest BCUT2D eigenvalue weighted by atomic mass is 19.1. The van der Waals surface area contributed by atoms with E-state index >= 15 is 0 Å². The average molecular weight is 503 g/mol. The van der Waals surface area contributed by atoms with Crippen LogP contribution in [0.25, 0.3) is 0 Å². The summed E-state index contributed by atoms with van der Waals surface area (Å²) in [6.07, 6.45) is 1.10. The molecule has 1 N–H and O–H groups in total. The number of benzene rings is 3. The molecule has 6 heteroatoms. The highest BCUT2D eigenvalue weighted by Crippen LogP contribution is 2.38. The number of nitrogens with one attached hydrogen (secondary N) is 1. The lowest BCUT2D eigenvalue weighted by Gasteiger charge is -2.38. The van der Waals surface area contributed by atoms with E-state index in [1.165, 1.54) is 17.7 Å². The molecule has 0 saturated heterocycles. The molecular weight excluding hydrogens is 467 g/mol. The van der Waals surface area contributed by atoms with E-state index in [4.69, 9.17) is 4.74 Å². The number of hydrogen-bond acceptors (Lipinski definition) is 3. The third-order valence-corrected chi connectivity index (χ3v) is 6.69. The highest BCUT2D eigenvalue weighted by Gasteiger charge is 2.32. The van der Waals surface area contributed by atoms with Gasteiger partial charge in [-0.3, -0.25) is 9.59 Å². The van der Waals surface area contributed by atoms with Crippen molar-refractivity contribution in [3.63, 3.8) is 0 Å². The second kappa shape index (κ2) is 12.0. The highest BCUT2D eigenvalue weighted by molar-refractivity contribution is 5.81. The van der Waals surface area contributed by atoms with Gasteiger partial charge in [-0.05, 0) is 65.3 Å². The third-order valence-electron chi connectivity index (χ3n) is 6.69. The van der Waals surface area contributed by atoms with Crippen LogP contribution < -0.4 is 10.1 Å². The fraction of sp³-hybridized carbons (Fsp3) is 0.355. The molecule has 194 valence electrons. The number of amides is 2. The maximum Gasteiger partial charge on any atom is 0.261 e. The summed E-state index contributed by atoms with van der Waals surface area (Å²) in [6.45, 7) is 6.99. The predicted molar refractivity (Wildman–Crippen MR) is 143 cm³/mol. The van der Waals surface area contributed by atoms with Gasteiger partial charge in [0.25, 0.3) is 5.91 Å². The summed E-state index contributed by atoms with van der Waals surface area (Å²) in [5.41, 5.74) is 4.09. The predicted octanol–water partition coefficient (Wildman–Crippen LogP) is 5.82. The van der Waals surface area contributed by atoms with E-state index in [1.54, 1.807) is 12.1 Å². The number of ether oxygens (including phenoxy) is 1. The molecule has 5 nitrogen and oxygen atoms in total. The molecule has 0 bridgehead atoms. The minimum absolute atomic E-state index is 0.146. The molecule has 1 aliphatic heterocycles. The lowest BCUT2D eigenvalue weighted by molar-refractivity contribution is -0.134. The topological polar surface area (TPSA) is 58.6 Å². The molecule has 0 aromatic heterocycles. The molecule has 0 fully saturated rings. The zero-order valence-corrected chi connectivity index (χ0v) is 21.7. The second-order valence-corrected chi connectivity index (χ2v) is 9.97. The first kappa shape index (κ1) is 26.4. The van der Waals surface area contributed by atoms with Gasteiger partial charge in [0.1, 0.15) is 11.6 Å². The molecule has 4 rings (SSSR count). The van der Waals surface area contributed by atoms with Crippen molar-refractivity contribution in [2.24, 2.45) is 5.92 Å². The Labute approximate surface area is 218 Å². The molecule has 0 saturated carbocycles. The molecule has 3 aromatic rings. The van der Waals surface area contributed by atoms with Gasteiger partial charge in [0, 0.05) is 19.5 Å². The van der Waals surface area contributed by atoms with Crippen LogP contribution in [0.4, 0.5) is 4.39 Å². The van der Waals surface area contributed by atoms with Crippen LogP contribution in [0.3, 0.4) is 0 Å². The van der Waals surface area contributed by atoms with Crippen molar-refractivity contribution < 1.29 is 18.7 Å². The largest absolute Gasteiger partial charge is 0.481 e. The van der Waals surface area contributed by atoms with Gasteiger partial charge in [-0.15, -0.1) is 0 Å². The average Bonchev–Trinajstić information content (AvgIpc) is 2.90. The molecule has 37 heavy (non-hydrogen) atoms. The number of halogens is 1. The first-order chi connectivity index (χ1) is 17.9. The van der Waals surface area contributed by atoms with Crippen LogP contribution in [0.2, 0.25) is 0 Å². The monoisotopic (exact) mass is 502 g/mol. The molecule has 0 radical (unpaired) electrons. The van der Waals surface area contributed by atoms with E-state index in [2.05, 4.69) is 31.3 Å². The SMILES string of the molecule is CC[C@@H](Oc1ccc2c(c1)[C@@H](c1ccccc1)N(C(=O)CC(C)C)CC2)C(=O)NCc1ccc(F)cc1. The van der Waals surface area contributed by atoms with Crippen LogP contribution >= 0.6 is 0 Å². The Morgan fingerprint density at radius 3 is 2.46 bits per heavy atom. The van der Waals surface area contributed by atoms with Crippen molar-refractivity contribution in [2.45, 2.75) is 58.7 Å². The lowest BCUT2D eigenvalue weighted by atomic mass is 9.87. The van der Waals surface area contributed by atoms with Crippen molar-refractivity contribution in [1.82, 2.24) is 10.2 Å². The van der Waals surface area contributed by atoms with Crippen LogP contribution in [0.5, 0.6) is 5.75 Å². The van der Waals surface area contributed by atoms with E-state index in [9.17, 15) is 14.0 Å². The Kier molecular flexibility index (Phi) is 8.59. The summed E-state index contributed by atoms with van der Waals surface area (Å²) < 4.78 is 19.3. The number of fused-ring (bicyclic) bond motifs is 1. The first-order valence-electron chi connectivity index (χ1n) is 13.0. The standard InChI is InChI=1S/C31H35FN2O3/c1-4-28(31(36)33-20-22-10-13-25(32)14-11-22)37-26-15-12-23-16-17-34(29(35)18-21(2)3)30(27(23)19-26)24-8-6-5-7-9-24/h5-15,19,21,28,30H,4,16-18,20H2,1-3H3,(H,33,36)/t28-,30-/m1/s1. The van der Waals surface area contributed by atoms with Gasteiger partial charge in [-0.1, -0.05) is 69.3 Å². The number of nitrogens with zero attached hydrogens (tertiary/aromatic N) is 1. The second-order valence-electron chi connectivity index (χ2n) is 9.97. The summed E-state index contributed by atoms with van der Waals surface area (Å²) in [5, 5.41) is 2.89. The molecule has 0 spiro atoms. The number of rotatable bonds is 9. The third kappa shape index (κ3) is 6.56. The molecule has 3 aromatic carbocycles. The Morgan fingerprint density at radius 2 is 1.78 bits per heavy atom. The Hall–Kier alpha value is -3.67. The summed E-state index contributed by atoms with van der Waals surface area (Å²) in [4.78, 5) is 28.1. The zero-order valence-electron chi connectivity index (χ0n) is 21.7. The van der Waals surface area contributed by atoms with Crippen LogP contribution in [0, 0.1) is 11.7 Å². The van der Waals surface area contributed by atoms with Gasteiger partial charge in [0.2, 0.25) is 5.91 Å². The van der Waals surface area contributed by atoms with Gasteiger partial charge in [0.05, 0.1) is 6.04 Å². The van der Waals surface area contributed by atoms with Crippen LogP contribution in [-0.4, -0.2) is 29.4 Å². The quantitative estimate of drug-likeness (QED) is 0.401. The summed E-state index contributed by atoms with van der Waals surface area (Å²) in [7, 11) is 0. The van der Waals surface area contributed by atoms with E-state index in [-0.39, 0.29) is 29.6 Å². The van der Waals surface area contributed by atoms with Crippen LogP contribution in [0.15, 0.2) is 72.8 Å². The van der Waals surface area contributed by atoms with Gasteiger partial charge in [0.15, 0.2) is 6.10 Å². The van der Waals surface area contributed by atoms with Crippen molar-refractivity contribution in [1.29, 1.82) is 0 Å². The lowest BCUT2D eigenvalue weighted by Crippen LogP contribution is -2.41. The normalized spacial score (nSPS) is 15.7. The Balaban J connectivity index is 1.55. The molecular formula is C31H35FN2O3. The molecule has 2 atom stereocenters. The van der Waals surface area contributed by atoms with Crippen LogP contribution in [-0.2, 0) is 22.6 Å². The molecule has 0 unspecified atom stereocenters. The summed E-state index contributed by atoms with van der Waals surface area (Å²) in [5.74, 6) is 0.487. The summed E-state index contributed by atoms with van der Waals surface area (Å²) in [6, 6.07) is 21.9. The number of hydrogen-bond donors (Lipinski definition) is 1. The van der Waals surface area contributed by atoms with E-state index in [0.717, 1.165) is 23.1 Å². The Morgan fingerprint density at radius 1 is 1.05 bits per heavy atom. The zero-order chi connectivity index (χ0) is 26.4. The molecule has 0 aliphatic carbocycles. The van der Waals surface area contributed by atoms with E-state index in [0.29, 0.717) is 31.7 Å². The summed E-state index contributed by atoms with van der Waals surface area (Å²) >= 11 is 0. The smallest absolute Gasteiger partial charge is 0.261 e. The van der Waals surface area contributed by atoms with Gasteiger partial charge in [-0.25, -0.2) is 4.39 Å². The number of carbonyl (C=O) groups excluding carboxylic acids is 2. The van der Waals surface area contributed by atoms with Crippen molar-refractivity contribution in [3.05, 3.63) is 101 Å². The van der Waals surface area contributed by atoms with E-state index < -0.39 is 6.10 Å². The van der Waals surface area contributed by atoms with Gasteiger partial charge < -0.3 is 15.0 Å². The maximum absolute atomic E-state index is 13.2. The molecule has 2 amide bonds. The Bertz CT molecular complexity index is 1210. The fourth-order valence-electron chi connectivity index (χ4n) is 4.79. The fourth-order valence-corrected chi connectivity index (χ4v) is 4.79. The van der Waals surface area contributed by atoms with E-state index in [1.807, 2.05) is 48.2 Å². The number of carbonyl (C=O) groups is 2. The van der Waals surface area contributed by atoms with Crippen molar-refractivity contribution in [3.8, 4) is 5.75 Å². The minimum atomic E-state index is -0.670. The molecule has 1 heterocycles. The van der Waals surface area contributed by atoms with Gasteiger partial charge in [-0.2, -0.15) is 0 Å². The van der Waals surface area contributed by atoms with Crippen molar-refractivity contribution in [2.75, 3.05) is 6.54 Å². The van der Waals surface area contributed by atoms with Gasteiger partial charge >= 0.3 is 0 Å². The molecule has 1 aliphatic rings.